The summed E-state index contributed by atoms with van der Waals surface area (Å²) in [5.74, 6) is 1.31. The summed E-state index contributed by atoms with van der Waals surface area (Å²) in [5.41, 5.74) is 2.93. The molecule has 0 radical (unpaired) electrons. The van der Waals surface area contributed by atoms with Crippen molar-refractivity contribution in [2.75, 3.05) is 20.3 Å². The van der Waals surface area contributed by atoms with E-state index in [1.54, 1.807) is 18.0 Å². The zero-order chi connectivity index (χ0) is 21.6. The van der Waals surface area contributed by atoms with Gasteiger partial charge in [0.2, 0.25) is 0 Å². The van der Waals surface area contributed by atoms with Crippen LogP contribution >= 0.6 is 0 Å². The monoisotopic (exact) mass is 416 g/mol. The number of hydrogen-bond acceptors (Lipinski definition) is 5. The molecule has 0 aliphatic heterocycles. The van der Waals surface area contributed by atoms with Crippen LogP contribution < -0.4 is 14.8 Å². The number of benzene rings is 2. The number of nitrogens with zero attached hydrogens (tertiary/aromatic N) is 3. The van der Waals surface area contributed by atoms with Crippen molar-refractivity contribution >= 4 is 16.9 Å². The lowest BCUT2D eigenvalue weighted by atomic mass is 10.1. The summed E-state index contributed by atoms with van der Waals surface area (Å²) in [6, 6.07) is 19.0. The summed E-state index contributed by atoms with van der Waals surface area (Å²) in [6.07, 6.45) is 1.70. The topological polar surface area (TPSA) is 78.3 Å². The summed E-state index contributed by atoms with van der Waals surface area (Å²) in [6.45, 7) is 3.40. The van der Waals surface area contributed by atoms with E-state index in [0.29, 0.717) is 30.9 Å². The number of fused-ring (bicyclic) bond motifs is 1. The van der Waals surface area contributed by atoms with E-state index in [-0.39, 0.29) is 5.91 Å². The van der Waals surface area contributed by atoms with E-state index in [2.05, 4.69) is 10.4 Å². The average Bonchev–Trinajstić information content (AvgIpc) is 3.25. The Labute approximate surface area is 180 Å². The Morgan fingerprint density at radius 2 is 1.81 bits per heavy atom. The Hall–Kier alpha value is -3.87. The van der Waals surface area contributed by atoms with Crippen LogP contribution in [0.25, 0.3) is 22.3 Å². The van der Waals surface area contributed by atoms with Gasteiger partial charge >= 0.3 is 0 Å². The Balaban J connectivity index is 1.50. The van der Waals surface area contributed by atoms with Crippen LogP contribution in [0.1, 0.15) is 17.3 Å². The van der Waals surface area contributed by atoms with Gasteiger partial charge in [-0.15, -0.1) is 0 Å². The summed E-state index contributed by atoms with van der Waals surface area (Å²) in [4.78, 5) is 17.7. The number of ether oxygens (including phenoxy) is 2. The van der Waals surface area contributed by atoms with Gasteiger partial charge in [-0.1, -0.05) is 30.3 Å². The molecule has 2 aromatic heterocycles. The van der Waals surface area contributed by atoms with Crippen molar-refractivity contribution in [1.29, 1.82) is 0 Å². The molecule has 0 unspecified atom stereocenters. The van der Waals surface area contributed by atoms with Gasteiger partial charge < -0.3 is 14.8 Å². The molecule has 4 aromatic rings. The van der Waals surface area contributed by atoms with Gasteiger partial charge in [0.15, 0.2) is 5.65 Å². The lowest BCUT2D eigenvalue weighted by Crippen LogP contribution is -2.28. The molecule has 2 heterocycles. The van der Waals surface area contributed by atoms with Crippen LogP contribution in [0.5, 0.6) is 11.5 Å². The van der Waals surface area contributed by atoms with E-state index in [1.807, 2.05) is 67.6 Å². The second kappa shape index (κ2) is 9.30. The van der Waals surface area contributed by atoms with E-state index >= 15 is 0 Å². The average molecular weight is 416 g/mol. The van der Waals surface area contributed by atoms with Crippen molar-refractivity contribution in [3.8, 4) is 22.8 Å². The molecule has 0 saturated heterocycles. The van der Waals surface area contributed by atoms with Crippen LogP contribution in [-0.2, 0) is 6.54 Å². The molecular weight excluding hydrogens is 392 g/mol. The van der Waals surface area contributed by atoms with Crippen molar-refractivity contribution in [2.45, 2.75) is 13.5 Å². The fraction of sp³-hybridized carbons (Fsp3) is 0.208. The van der Waals surface area contributed by atoms with Gasteiger partial charge in [0.1, 0.15) is 18.1 Å². The molecule has 0 aliphatic carbocycles. The second-order valence-corrected chi connectivity index (χ2v) is 6.90. The number of amides is 1. The molecule has 0 fully saturated rings. The van der Waals surface area contributed by atoms with Gasteiger partial charge in [-0.2, -0.15) is 5.10 Å². The summed E-state index contributed by atoms with van der Waals surface area (Å²) >= 11 is 0. The molecule has 7 heteroatoms. The van der Waals surface area contributed by atoms with E-state index in [1.165, 1.54) is 0 Å². The van der Waals surface area contributed by atoms with E-state index < -0.39 is 0 Å². The molecule has 2 aromatic carbocycles. The van der Waals surface area contributed by atoms with E-state index in [4.69, 9.17) is 14.5 Å². The van der Waals surface area contributed by atoms with E-state index in [0.717, 1.165) is 28.1 Å². The summed E-state index contributed by atoms with van der Waals surface area (Å²) in [5, 5.41) is 8.05. The van der Waals surface area contributed by atoms with E-state index in [9.17, 15) is 4.79 Å². The molecule has 0 bridgehead atoms. The first-order chi connectivity index (χ1) is 15.2. The normalized spacial score (nSPS) is 10.8. The molecule has 4 rings (SSSR count). The van der Waals surface area contributed by atoms with Crippen molar-refractivity contribution in [1.82, 2.24) is 20.1 Å². The lowest BCUT2D eigenvalue weighted by molar-refractivity contribution is 0.0948. The van der Waals surface area contributed by atoms with Crippen LogP contribution in [-0.4, -0.2) is 40.9 Å². The Bertz CT molecular complexity index is 1170. The van der Waals surface area contributed by atoms with Gasteiger partial charge in [-0.25, -0.2) is 9.67 Å². The molecule has 0 atom stereocenters. The highest BCUT2D eigenvalue weighted by atomic mass is 16.5. The largest absolute Gasteiger partial charge is 0.497 e. The first-order valence-corrected chi connectivity index (χ1v) is 10.2. The number of aromatic nitrogens is 3. The maximum atomic E-state index is 13.0. The van der Waals surface area contributed by atoms with Gasteiger partial charge in [0.25, 0.3) is 5.91 Å². The number of pyridine rings is 1. The number of carbonyl (C=O) groups is 1. The minimum atomic E-state index is -0.182. The smallest absolute Gasteiger partial charge is 0.252 e. The third kappa shape index (κ3) is 4.50. The van der Waals surface area contributed by atoms with Crippen LogP contribution in [0.2, 0.25) is 0 Å². The third-order valence-electron chi connectivity index (χ3n) is 4.94. The first kappa shape index (κ1) is 20.4. The summed E-state index contributed by atoms with van der Waals surface area (Å²) in [7, 11) is 1.62. The number of nitrogens with one attached hydrogen (secondary N) is 1. The second-order valence-electron chi connectivity index (χ2n) is 6.90. The standard InChI is InChI=1S/C24H24N4O3/c1-3-28-23-21(16-26-28)20(15-22(27-23)17-7-5-4-6-8-17)24(29)25-13-14-31-19-11-9-18(30-2)10-12-19/h4-12,15-16H,3,13-14H2,1-2H3,(H,25,29). The molecule has 1 amide bonds. The minimum Gasteiger partial charge on any atom is -0.497 e. The molecular formula is C24H24N4O3. The van der Waals surface area contributed by atoms with Crippen LogP contribution in [0.15, 0.2) is 66.9 Å². The van der Waals surface area contributed by atoms with Gasteiger partial charge in [-0.05, 0) is 37.3 Å². The molecule has 158 valence electrons. The summed E-state index contributed by atoms with van der Waals surface area (Å²) < 4.78 is 12.6. The Kier molecular flexibility index (Phi) is 6.12. The highest BCUT2D eigenvalue weighted by molar-refractivity contribution is 6.06. The fourth-order valence-electron chi connectivity index (χ4n) is 3.32. The number of carbonyl (C=O) groups excluding carboxylic acids is 1. The molecule has 31 heavy (non-hydrogen) atoms. The molecule has 0 spiro atoms. The number of methoxy groups -OCH3 is 1. The minimum absolute atomic E-state index is 0.182. The van der Waals surface area contributed by atoms with Crippen molar-refractivity contribution in [2.24, 2.45) is 0 Å². The van der Waals surface area contributed by atoms with Crippen LogP contribution in [0.3, 0.4) is 0 Å². The SMILES string of the molecule is CCn1ncc2c(C(=O)NCCOc3ccc(OC)cc3)cc(-c3ccccc3)nc21. The third-order valence-corrected chi connectivity index (χ3v) is 4.94. The highest BCUT2D eigenvalue weighted by Gasteiger charge is 2.17. The van der Waals surface area contributed by atoms with Gasteiger partial charge in [0.05, 0.1) is 36.5 Å². The highest BCUT2D eigenvalue weighted by Crippen LogP contribution is 2.25. The number of aryl methyl sites for hydroxylation is 1. The zero-order valence-electron chi connectivity index (χ0n) is 17.5. The Morgan fingerprint density at radius 3 is 2.52 bits per heavy atom. The number of hydrogen-bond donors (Lipinski definition) is 1. The lowest BCUT2D eigenvalue weighted by Gasteiger charge is -2.10. The van der Waals surface area contributed by atoms with Crippen LogP contribution in [0.4, 0.5) is 0 Å². The van der Waals surface area contributed by atoms with Gasteiger partial charge in [0, 0.05) is 12.1 Å². The quantitative estimate of drug-likeness (QED) is 0.440. The molecule has 0 saturated carbocycles. The van der Waals surface area contributed by atoms with Crippen LogP contribution in [0, 0.1) is 0 Å². The fourth-order valence-corrected chi connectivity index (χ4v) is 3.32. The first-order valence-electron chi connectivity index (χ1n) is 10.2. The molecule has 1 N–H and O–H groups in total. The predicted octanol–water partition coefficient (Wildman–Crippen LogP) is 3.94. The van der Waals surface area contributed by atoms with Crippen molar-refractivity contribution in [3.05, 3.63) is 72.4 Å². The van der Waals surface area contributed by atoms with Gasteiger partial charge in [-0.3, -0.25) is 4.79 Å². The maximum absolute atomic E-state index is 13.0. The molecule has 0 aliphatic rings. The zero-order valence-corrected chi connectivity index (χ0v) is 17.5. The predicted molar refractivity (Wildman–Crippen MR) is 119 cm³/mol. The maximum Gasteiger partial charge on any atom is 0.252 e. The molecule has 7 nitrogen and oxygen atoms in total. The van der Waals surface area contributed by atoms with Crippen molar-refractivity contribution < 1.29 is 14.3 Å². The number of rotatable bonds is 8. The van der Waals surface area contributed by atoms with Crippen molar-refractivity contribution in [3.63, 3.8) is 0 Å². The Morgan fingerprint density at radius 1 is 1.06 bits per heavy atom.